The molecule has 3 rings (SSSR count). The summed E-state index contributed by atoms with van der Waals surface area (Å²) in [6.45, 7) is 9.15. The molecule has 2 heterocycles. The van der Waals surface area contributed by atoms with Gasteiger partial charge in [-0.05, 0) is 31.0 Å². The first-order valence-electron chi connectivity index (χ1n) is 7.20. The van der Waals surface area contributed by atoms with Crippen molar-refractivity contribution >= 4 is 35.7 Å². The van der Waals surface area contributed by atoms with E-state index in [4.69, 9.17) is 0 Å². The maximum Gasteiger partial charge on any atom is 0.248 e. The molecule has 1 aromatic heterocycles. The number of fused-ring (bicyclic) bond motifs is 1. The summed E-state index contributed by atoms with van der Waals surface area (Å²) in [7, 11) is 0. The first-order valence-corrected chi connectivity index (χ1v) is 7.20. The van der Waals surface area contributed by atoms with Crippen LogP contribution < -0.4 is 10.9 Å². The third-order valence-corrected chi connectivity index (χ3v) is 3.98. The van der Waals surface area contributed by atoms with Gasteiger partial charge in [-0.3, -0.25) is 9.69 Å². The minimum atomic E-state index is -0.00501. The molecule has 122 valence electrons. The number of hydrogen-bond donors (Lipinski definition) is 2. The van der Waals surface area contributed by atoms with E-state index in [1.54, 1.807) is 6.07 Å². The van der Waals surface area contributed by atoms with Gasteiger partial charge in [0.2, 0.25) is 5.56 Å². The highest BCUT2D eigenvalue weighted by atomic mass is 35.5. The zero-order valence-electron chi connectivity index (χ0n) is 12.9. The number of benzene rings is 1. The van der Waals surface area contributed by atoms with Gasteiger partial charge in [-0.2, -0.15) is 0 Å². The van der Waals surface area contributed by atoms with Gasteiger partial charge in [-0.15, -0.1) is 24.8 Å². The van der Waals surface area contributed by atoms with E-state index in [9.17, 15) is 4.79 Å². The van der Waals surface area contributed by atoms with Gasteiger partial charge in [0.05, 0.1) is 5.52 Å². The lowest BCUT2D eigenvalue weighted by Crippen LogP contribution is -2.43. The molecule has 0 atom stereocenters. The predicted molar refractivity (Wildman–Crippen MR) is 96.7 cm³/mol. The van der Waals surface area contributed by atoms with E-state index in [1.807, 2.05) is 0 Å². The molecule has 22 heavy (non-hydrogen) atoms. The average Bonchev–Trinajstić information content (AvgIpc) is 2.41. The van der Waals surface area contributed by atoms with Gasteiger partial charge in [-0.1, -0.05) is 11.6 Å². The number of halogens is 2. The number of rotatable bonds is 2. The number of hydrogen-bond acceptors (Lipinski definition) is 3. The fraction of sp³-hybridized carbons (Fsp3) is 0.438. The van der Waals surface area contributed by atoms with Crippen molar-refractivity contribution in [3.05, 3.63) is 45.2 Å². The van der Waals surface area contributed by atoms with E-state index in [-0.39, 0.29) is 30.4 Å². The van der Waals surface area contributed by atoms with Crippen LogP contribution in [0.5, 0.6) is 0 Å². The molecule has 0 bridgehead atoms. The Hall–Kier alpha value is -1.07. The Morgan fingerprint density at radius 3 is 2.45 bits per heavy atom. The minimum Gasteiger partial charge on any atom is -0.322 e. The SMILES string of the molecule is Cc1cc(C)c2[nH]c(=O)cc(CN3CCNCC3)c2c1.Cl.Cl. The van der Waals surface area contributed by atoms with Gasteiger partial charge in [0.25, 0.3) is 0 Å². The lowest BCUT2D eigenvalue weighted by molar-refractivity contribution is 0.234. The van der Waals surface area contributed by atoms with E-state index >= 15 is 0 Å². The monoisotopic (exact) mass is 343 g/mol. The number of piperazine rings is 1. The van der Waals surface area contributed by atoms with Crippen LogP contribution in [0.3, 0.4) is 0 Å². The number of H-pyrrole nitrogens is 1. The molecular formula is C16H23Cl2N3O. The van der Waals surface area contributed by atoms with Crippen molar-refractivity contribution in [2.24, 2.45) is 0 Å². The Balaban J connectivity index is 0.00000121. The third-order valence-electron chi connectivity index (χ3n) is 3.98. The predicted octanol–water partition coefficient (Wildman–Crippen LogP) is 2.39. The van der Waals surface area contributed by atoms with E-state index in [2.05, 4.69) is 41.2 Å². The van der Waals surface area contributed by atoms with E-state index in [0.29, 0.717) is 0 Å². The highest BCUT2D eigenvalue weighted by molar-refractivity contribution is 5.86. The molecule has 6 heteroatoms. The Labute approximate surface area is 143 Å². The lowest BCUT2D eigenvalue weighted by Gasteiger charge is -2.27. The van der Waals surface area contributed by atoms with Crippen molar-refractivity contribution in [1.29, 1.82) is 0 Å². The molecule has 2 aromatic rings. The normalized spacial score (nSPS) is 15.2. The van der Waals surface area contributed by atoms with Crippen LogP contribution in [0.4, 0.5) is 0 Å². The molecule has 1 aromatic carbocycles. The highest BCUT2D eigenvalue weighted by Gasteiger charge is 2.13. The second-order valence-electron chi connectivity index (χ2n) is 5.69. The first-order chi connectivity index (χ1) is 9.63. The van der Waals surface area contributed by atoms with Crippen molar-refractivity contribution in [2.45, 2.75) is 20.4 Å². The number of aryl methyl sites for hydroxylation is 2. The number of nitrogens with one attached hydrogen (secondary N) is 2. The average molecular weight is 344 g/mol. The third kappa shape index (κ3) is 4.02. The van der Waals surface area contributed by atoms with Gasteiger partial charge < -0.3 is 10.3 Å². The van der Waals surface area contributed by atoms with Crippen LogP contribution in [0.25, 0.3) is 10.9 Å². The van der Waals surface area contributed by atoms with Gasteiger partial charge in [0, 0.05) is 44.2 Å². The van der Waals surface area contributed by atoms with Crippen LogP contribution in [-0.2, 0) is 6.54 Å². The van der Waals surface area contributed by atoms with Crippen molar-refractivity contribution in [3.63, 3.8) is 0 Å². The summed E-state index contributed by atoms with van der Waals surface area (Å²) in [6, 6.07) is 6.05. The Bertz CT molecular complexity index is 694. The van der Waals surface area contributed by atoms with Gasteiger partial charge in [0.1, 0.15) is 0 Å². The molecule has 0 aliphatic carbocycles. The van der Waals surface area contributed by atoms with Crippen molar-refractivity contribution < 1.29 is 0 Å². The number of aromatic amines is 1. The molecule has 0 saturated carbocycles. The van der Waals surface area contributed by atoms with Gasteiger partial charge >= 0.3 is 0 Å². The van der Waals surface area contributed by atoms with E-state index < -0.39 is 0 Å². The van der Waals surface area contributed by atoms with E-state index in [0.717, 1.165) is 49.4 Å². The van der Waals surface area contributed by atoms with Crippen molar-refractivity contribution in [2.75, 3.05) is 26.2 Å². The standard InChI is InChI=1S/C16H21N3O.2ClH/c1-11-7-12(2)16-14(8-11)13(9-15(20)18-16)10-19-5-3-17-4-6-19;;/h7-9,17H,3-6,10H2,1-2H3,(H,18,20);2*1H. The summed E-state index contributed by atoms with van der Waals surface area (Å²) in [6.07, 6.45) is 0. The van der Waals surface area contributed by atoms with Crippen LogP contribution in [-0.4, -0.2) is 36.1 Å². The summed E-state index contributed by atoms with van der Waals surface area (Å²) in [5.74, 6) is 0. The van der Waals surface area contributed by atoms with Crippen LogP contribution >= 0.6 is 24.8 Å². The molecule has 0 amide bonds. The number of aromatic nitrogens is 1. The summed E-state index contributed by atoms with van der Waals surface area (Å²) >= 11 is 0. The number of pyridine rings is 1. The zero-order valence-corrected chi connectivity index (χ0v) is 14.6. The van der Waals surface area contributed by atoms with Gasteiger partial charge in [0.15, 0.2) is 0 Å². The fourth-order valence-corrected chi connectivity index (χ4v) is 3.02. The second-order valence-corrected chi connectivity index (χ2v) is 5.69. The fourth-order valence-electron chi connectivity index (χ4n) is 3.02. The zero-order chi connectivity index (χ0) is 14.1. The molecule has 1 fully saturated rings. The summed E-state index contributed by atoms with van der Waals surface area (Å²) in [4.78, 5) is 17.3. The molecule has 1 saturated heterocycles. The highest BCUT2D eigenvalue weighted by Crippen LogP contribution is 2.22. The van der Waals surface area contributed by atoms with Gasteiger partial charge in [-0.25, -0.2) is 0 Å². The molecule has 1 aliphatic heterocycles. The molecule has 0 spiro atoms. The molecule has 0 unspecified atom stereocenters. The molecule has 4 nitrogen and oxygen atoms in total. The largest absolute Gasteiger partial charge is 0.322 e. The van der Waals surface area contributed by atoms with Crippen LogP contribution in [0.1, 0.15) is 16.7 Å². The first kappa shape index (κ1) is 19.0. The minimum absolute atomic E-state index is 0. The topological polar surface area (TPSA) is 48.1 Å². The smallest absolute Gasteiger partial charge is 0.248 e. The quantitative estimate of drug-likeness (QED) is 0.880. The molecule has 2 N–H and O–H groups in total. The number of nitrogens with zero attached hydrogens (tertiary/aromatic N) is 1. The van der Waals surface area contributed by atoms with Crippen LogP contribution in [0.2, 0.25) is 0 Å². The van der Waals surface area contributed by atoms with E-state index in [1.165, 1.54) is 10.9 Å². The summed E-state index contributed by atoms with van der Waals surface area (Å²) < 4.78 is 0. The van der Waals surface area contributed by atoms with Crippen LogP contribution in [0.15, 0.2) is 23.0 Å². The second kappa shape index (κ2) is 7.97. The Morgan fingerprint density at radius 1 is 1.09 bits per heavy atom. The molecule has 0 radical (unpaired) electrons. The maximum atomic E-state index is 11.9. The van der Waals surface area contributed by atoms with Crippen LogP contribution in [0, 0.1) is 13.8 Å². The maximum absolute atomic E-state index is 11.9. The Morgan fingerprint density at radius 2 is 1.77 bits per heavy atom. The van der Waals surface area contributed by atoms with Crippen molar-refractivity contribution in [1.82, 2.24) is 15.2 Å². The summed E-state index contributed by atoms with van der Waals surface area (Å²) in [5, 5.41) is 4.54. The summed E-state index contributed by atoms with van der Waals surface area (Å²) in [5.41, 5.74) is 4.49. The lowest BCUT2D eigenvalue weighted by atomic mass is 10.0. The molecular weight excluding hydrogens is 321 g/mol. The Kier molecular flexibility index (Phi) is 6.88. The van der Waals surface area contributed by atoms with Crippen molar-refractivity contribution in [3.8, 4) is 0 Å². The molecule has 1 aliphatic rings.